The standard InChI is InChI=1S/C15H22O6S.Na/c1-3-5-6-12(4-2)11-20-21-15(16)13-7-9-14(10-8-13)22(17,18)19;/h7-10,12H,3-6,11H2,1-2H3,(H,17,18,19);/q;+1/p-1. The van der Waals surface area contributed by atoms with Crippen LogP contribution in [0.4, 0.5) is 0 Å². The minimum absolute atomic E-state index is 0. The predicted octanol–water partition coefficient (Wildman–Crippen LogP) is -0.100. The maximum Gasteiger partial charge on any atom is 1.00 e. The summed E-state index contributed by atoms with van der Waals surface area (Å²) < 4.78 is 32.4. The average molecular weight is 352 g/mol. The largest absolute Gasteiger partial charge is 1.00 e. The van der Waals surface area contributed by atoms with E-state index in [0.29, 0.717) is 12.5 Å². The van der Waals surface area contributed by atoms with Gasteiger partial charge in [-0.1, -0.05) is 33.1 Å². The molecule has 6 nitrogen and oxygen atoms in total. The van der Waals surface area contributed by atoms with Crippen molar-refractivity contribution in [2.24, 2.45) is 5.92 Å². The Labute approximate surface area is 159 Å². The van der Waals surface area contributed by atoms with Gasteiger partial charge in [-0.2, -0.15) is 4.89 Å². The van der Waals surface area contributed by atoms with E-state index in [1.807, 2.05) is 6.92 Å². The zero-order valence-corrected chi connectivity index (χ0v) is 16.6. The van der Waals surface area contributed by atoms with Crippen LogP contribution in [0, 0.1) is 5.92 Å². The first kappa shape index (κ1) is 22.6. The van der Waals surface area contributed by atoms with E-state index in [-0.39, 0.29) is 35.1 Å². The van der Waals surface area contributed by atoms with Crippen molar-refractivity contribution in [3.05, 3.63) is 29.8 Å². The van der Waals surface area contributed by atoms with Gasteiger partial charge in [0.1, 0.15) is 10.1 Å². The summed E-state index contributed by atoms with van der Waals surface area (Å²) in [6.45, 7) is 4.49. The zero-order valence-electron chi connectivity index (χ0n) is 13.8. The van der Waals surface area contributed by atoms with Gasteiger partial charge in [0.05, 0.1) is 17.1 Å². The summed E-state index contributed by atoms with van der Waals surface area (Å²) in [5, 5.41) is 0. The third kappa shape index (κ3) is 8.28. The normalized spacial score (nSPS) is 12.3. The number of hydrogen-bond acceptors (Lipinski definition) is 6. The molecule has 0 aromatic heterocycles. The van der Waals surface area contributed by atoms with Crippen molar-refractivity contribution >= 4 is 16.1 Å². The van der Waals surface area contributed by atoms with Crippen LogP contribution in [0.25, 0.3) is 0 Å². The zero-order chi connectivity index (χ0) is 16.6. The van der Waals surface area contributed by atoms with E-state index in [1.54, 1.807) is 0 Å². The molecular weight excluding hydrogens is 331 g/mol. The van der Waals surface area contributed by atoms with Crippen molar-refractivity contribution in [1.29, 1.82) is 0 Å². The van der Waals surface area contributed by atoms with Gasteiger partial charge in [0.2, 0.25) is 0 Å². The van der Waals surface area contributed by atoms with E-state index >= 15 is 0 Å². The Morgan fingerprint density at radius 2 is 1.83 bits per heavy atom. The molecule has 0 radical (unpaired) electrons. The fourth-order valence-electron chi connectivity index (χ4n) is 1.89. The van der Waals surface area contributed by atoms with E-state index in [1.165, 1.54) is 12.1 Å². The molecule has 23 heavy (non-hydrogen) atoms. The molecule has 0 heterocycles. The first-order chi connectivity index (χ1) is 10.4. The summed E-state index contributed by atoms with van der Waals surface area (Å²) in [5.74, 6) is -0.388. The molecule has 1 aromatic rings. The second kappa shape index (κ2) is 11.2. The van der Waals surface area contributed by atoms with Crippen molar-refractivity contribution in [2.45, 2.75) is 44.4 Å². The van der Waals surface area contributed by atoms with Crippen LogP contribution in [0.2, 0.25) is 0 Å². The number of benzene rings is 1. The van der Waals surface area contributed by atoms with Gasteiger partial charge in [-0.05, 0) is 36.6 Å². The molecule has 0 N–H and O–H groups in total. The van der Waals surface area contributed by atoms with Crippen molar-refractivity contribution in [3.63, 3.8) is 0 Å². The number of rotatable bonds is 9. The van der Waals surface area contributed by atoms with Crippen LogP contribution in [0.3, 0.4) is 0 Å². The van der Waals surface area contributed by atoms with Gasteiger partial charge in [-0.15, -0.1) is 0 Å². The molecule has 0 aliphatic rings. The first-order valence-corrected chi connectivity index (χ1v) is 8.69. The minimum atomic E-state index is -4.52. The van der Waals surface area contributed by atoms with Gasteiger partial charge in [0.25, 0.3) is 0 Å². The molecule has 1 atom stereocenters. The van der Waals surface area contributed by atoms with Crippen LogP contribution in [0.15, 0.2) is 29.2 Å². The van der Waals surface area contributed by atoms with Crippen LogP contribution in [-0.4, -0.2) is 25.5 Å². The Morgan fingerprint density at radius 1 is 1.22 bits per heavy atom. The van der Waals surface area contributed by atoms with Gasteiger partial charge in [-0.25, -0.2) is 13.2 Å². The van der Waals surface area contributed by atoms with E-state index in [0.717, 1.165) is 37.8 Å². The SMILES string of the molecule is CCCCC(CC)COOC(=O)c1ccc(S(=O)(=O)[O-])cc1.[Na+]. The summed E-state index contributed by atoms with van der Waals surface area (Å²) in [4.78, 5) is 21.0. The third-order valence-electron chi connectivity index (χ3n) is 3.36. The minimum Gasteiger partial charge on any atom is -0.744 e. The van der Waals surface area contributed by atoms with Crippen LogP contribution >= 0.6 is 0 Å². The molecule has 0 saturated carbocycles. The molecule has 0 saturated heterocycles. The Bertz CT molecular complexity index is 570. The second-order valence-corrected chi connectivity index (χ2v) is 6.43. The van der Waals surface area contributed by atoms with E-state index < -0.39 is 21.0 Å². The average Bonchev–Trinajstić information content (AvgIpc) is 2.49. The molecule has 1 unspecified atom stereocenters. The van der Waals surface area contributed by atoms with Crippen molar-refractivity contribution < 1.29 is 57.1 Å². The predicted molar refractivity (Wildman–Crippen MR) is 79.1 cm³/mol. The molecular formula is C15H21NaO6S. The molecule has 8 heteroatoms. The fourth-order valence-corrected chi connectivity index (χ4v) is 2.36. The van der Waals surface area contributed by atoms with Crippen molar-refractivity contribution in [3.8, 4) is 0 Å². The molecule has 0 bridgehead atoms. The smallest absolute Gasteiger partial charge is 0.744 e. The van der Waals surface area contributed by atoms with E-state index in [4.69, 9.17) is 9.78 Å². The molecule has 0 spiro atoms. The molecule has 1 rings (SSSR count). The van der Waals surface area contributed by atoms with Crippen LogP contribution in [-0.2, 0) is 19.9 Å². The second-order valence-electron chi connectivity index (χ2n) is 5.05. The Balaban J connectivity index is 0.00000484. The summed E-state index contributed by atoms with van der Waals surface area (Å²) in [6.07, 6.45) is 4.15. The van der Waals surface area contributed by atoms with Gasteiger partial charge >= 0.3 is 35.5 Å². The maximum absolute atomic E-state index is 11.7. The molecule has 0 fully saturated rings. The van der Waals surface area contributed by atoms with E-state index in [9.17, 15) is 17.8 Å². The summed E-state index contributed by atoms with van der Waals surface area (Å²) >= 11 is 0. The molecule has 0 aliphatic heterocycles. The number of unbranched alkanes of at least 4 members (excludes halogenated alkanes) is 1. The third-order valence-corrected chi connectivity index (χ3v) is 4.21. The maximum atomic E-state index is 11.7. The Hall–Kier alpha value is -0.440. The number of carbonyl (C=O) groups is 1. The molecule has 124 valence electrons. The van der Waals surface area contributed by atoms with Gasteiger partial charge in [0.15, 0.2) is 0 Å². The van der Waals surface area contributed by atoms with Gasteiger partial charge in [-0.3, -0.25) is 4.89 Å². The van der Waals surface area contributed by atoms with Gasteiger partial charge < -0.3 is 4.55 Å². The Morgan fingerprint density at radius 3 is 2.30 bits per heavy atom. The number of carbonyl (C=O) groups excluding carboxylic acids is 1. The van der Waals surface area contributed by atoms with Crippen LogP contribution < -0.4 is 29.6 Å². The fraction of sp³-hybridized carbons (Fsp3) is 0.533. The van der Waals surface area contributed by atoms with Crippen LogP contribution in [0.1, 0.15) is 49.9 Å². The molecule has 0 aliphatic carbocycles. The summed E-state index contributed by atoms with van der Waals surface area (Å²) in [5.41, 5.74) is 0.119. The number of hydrogen-bond donors (Lipinski definition) is 0. The quantitative estimate of drug-likeness (QED) is 0.267. The van der Waals surface area contributed by atoms with Crippen molar-refractivity contribution in [2.75, 3.05) is 6.61 Å². The molecule has 0 amide bonds. The van der Waals surface area contributed by atoms with Crippen LogP contribution in [0.5, 0.6) is 0 Å². The summed E-state index contributed by atoms with van der Waals surface area (Å²) in [6, 6.07) is 4.56. The monoisotopic (exact) mass is 352 g/mol. The summed E-state index contributed by atoms with van der Waals surface area (Å²) in [7, 11) is -4.52. The van der Waals surface area contributed by atoms with Crippen molar-refractivity contribution in [1.82, 2.24) is 0 Å². The Kier molecular flexibility index (Phi) is 11.0. The molecule has 1 aromatic carbocycles. The topological polar surface area (TPSA) is 92.7 Å². The van der Waals surface area contributed by atoms with Gasteiger partial charge in [0, 0.05) is 0 Å². The first-order valence-electron chi connectivity index (χ1n) is 7.28. The van der Waals surface area contributed by atoms with E-state index in [2.05, 4.69) is 6.92 Å².